The molecule has 1 aromatic carbocycles. The van der Waals surface area contributed by atoms with Crippen molar-refractivity contribution in [3.63, 3.8) is 0 Å². The first-order valence-corrected chi connectivity index (χ1v) is 6.31. The van der Waals surface area contributed by atoms with E-state index in [1.54, 1.807) is 24.4 Å². The van der Waals surface area contributed by atoms with Crippen LogP contribution in [0.1, 0.15) is 11.3 Å². The van der Waals surface area contributed by atoms with Crippen LogP contribution in [0.4, 0.5) is 4.39 Å². The highest BCUT2D eigenvalue weighted by Gasteiger charge is 2.10. The van der Waals surface area contributed by atoms with Crippen molar-refractivity contribution in [1.29, 1.82) is 0 Å². The van der Waals surface area contributed by atoms with Gasteiger partial charge in [-0.3, -0.25) is 4.79 Å². The molecule has 1 heterocycles. The number of ether oxygens (including phenoxy) is 1. The molecule has 0 saturated heterocycles. The molecule has 2 rings (SSSR count). The second kappa shape index (κ2) is 6.80. The smallest absolute Gasteiger partial charge is 0.234 e. The first kappa shape index (κ1) is 14.9. The van der Waals surface area contributed by atoms with E-state index in [-0.39, 0.29) is 31.3 Å². The van der Waals surface area contributed by atoms with Gasteiger partial charge in [0.15, 0.2) is 11.6 Å². The molecule has 0 aliphatic carbocycles. The van der Waals surface area contributed by atoms with Gasteiger partial charge in [-0.25, -0.2) is 9.07 Å². The fourth-order valence-corrected chi connectivity index (χ4v) is 1.77. The molecule has 0 unspecified atom stereocenters. The van der Waals surface area contributed by atoms with E-state index in [0.717, 1.165) is 0 Å². The van der Waals surface area contributed by atoms with Crippen LogP contribution in [-0.4, -0.2) is 34.6 Å². The summed E-state index contributed by atoms with van der Waals surface area (Å²) in [5, 5.41) is 10.4. The lowest BCUT2D eigenvalue weighted by molar-refractivity contribution is -0.119. The minimum absolute atomic E-state index is 0.0802. The molecular formula is C13H16FN5O2. The van der Waals surface area contributed by atoms with Crippen molar-refractivity contribution in [2.24, 2.45) is 5.73 Å². The van der Waals surface area contributed by atoms with Crippen molar-refractivity contribution < 1.29 is 13.9 Å². The van der Waals surface area contributed by atoms with E-state index < -0.39 is 5.82 Å². The lowest BCUT2D eigenvalue weighted by atomic mass is 10.2. The number of benzene rings is 1. The molecule has 1 aromatic heterocycles. The molecule has 8 heteroatoms. The number of hydrogen-bond acceptors (Lipinski definition) is 5. The van der Waals surface area contributed by atoms with Crippen molar-refractivity contribution in [2.45, 2.75) is 13.1 Å². The Morgan fingerprint density at radius 1 is 1.52 bits per heavy atom. The van der Waals surface area contributed by atoms with Crippen molar-refractivity contribution >= 4 is 5.91 Å². The Morgan fingerprint density at radius 2 is 2.33 bits per heavy atom. The Kier molecular flexibility index (Phi) is 4.83. The standard InChI is InChI=1S/C13H16FN5O2/c1-21-11-4-2-3-9(13(11)14)7-19-8-10(17-18-19)6-16-12(20)5-15/h2-4,8H,5-7,15H2,1H3,(H,16,20). The van der Waals surface area contributed by atoms with Gasteiger partial charge in [0.1, 0.15) is 5.69 Å². The summed E-state index contributed by atoms with van der Waals surface area (Å²) in [6.45, 7) is 0.376. The lowest BCUT2D eigenvalue weighted by Gasteiger charge is -2.06. The Morgan fingerprint density at radius 3 is 3.05 bits per heavy atom. The largest absolute Gasteiger partial charge is 0.494 e. The van der Waals surface area contributed by atoms with Gasteiger partial charge in [-0.05, 0) is 6.07 Å². The maximum atomic E-state index is 14.0. The molecule has 0 atom stereocenters. The normalized spacial score (nSPS) is 10.4. The molecule has 112 valence electrons. The van der Waals surface area contributed by atoms with Gasteiger partial charge in [0.05, 0.1) is 32.9 Å². The number of aromatic nitrogens is 3. The summed E-state index contributed by atoms with van der Waals surface area (Å²) < 4.78 is 20.4. The predicted molar refractivity (Wildman–Crippen MR) is 73.0 cm³/mol. The number of amides is 1. The van der Waals surface area contributed by atoms with E-state index in [2.05, 4.69) is 15.6 Å². The van der Waals surface area contributed by atoms with Crippen molar-refractivity contribution in [2.75, 3.05) is 13.7 Å². The van der Waals surface area contributed by atoms with Gasteiger partial charge in [-0.15, -0.1) is 5.10 Å². The van der Waals surface area contributed by atoms with E-state index in [1.807, 2.05) is 0 Å². The topological polar surface area (TPSA) is 95.1 Å². The number of carbonyl (C=O) groups excluding carboxylic acids is 1. The summed E-state index contributed by atoms with van der Waals surface area (Å²) in [7, 11) is 1.41. The van der Waals surface area contributed by atoms with E-state index in [1.165, 1.54) is 11.8 Å². The number of nitrogens with two attached hydrogens (primary N) is 1. The molecule has 0 saturated carbocycles. The molecule has 0 spiro atoms. The molecule has 0 radical (unpaired) electrons. The second-order valence-corrected chi connectivity index (χ2v) is 4.32. The van der Waals surface area contributed by atoms with Gasteiger partial charge in [-0.2, -0.15) is 0 Å². The molecule has 0 fully saturated rings. The second-order valence-electron chi connectivity index (χ2n) is 4.32. The third-order valence-electron chi connectivity index (χ3n) is 2.83. The Hall–Kier alpha value is -2.48. The zero-order chi connectivity index (χ0) is 15.2. The number of carbonyl (C=O) groups is 1. The quantitative estimate of drug-likeness (QED) is 0.784. The highest BCUT2D eigenvalue weighted by molar-refractivity contribution is 5.77. The van der Waals surface area contributed by atoms with Gasteiger partial charge in [0.2, 0.25) is 5.91 Å². The van der Waals surface area contributed by atoms with Crippen LogP contribution < -0.4 is 15.8 Å². The van der Waals surface area contributed by atoms with Crippen LogP contribution in [-0.2, 0) is 17.9 Å². The molecule has 2 aromatic rings. The molecule has 1 amide bonds. The third-order valence-corrected chi connectivity index (χ3v) is 2.83. The zero-order valence-corrected chi connectivity index (χ0v) is 11.5. The van der Waals surface area contributed by atoms with E-state index in [9.17, 15) is 9.18 Å². The van der Waals surface area contributed by atoms with Crippen LogP contribution in [0.25, 0.3) is 0 Å². The highest BCUT2D eigenvalue weighted by atomic mass is 19.1. The molecule has 0 aliphatic heterocycles. The van der Waals surface area contributed by atoms with Crippen LogP contribution in [0.5, 0.6) is 5.75 Å². The van der Waals surface area contributed by atoms with Gasteiger partial charge < -0.3 is 15.8 Å². The minimum atomic E-state index is -0.423. The van der Waals surface area contributed by atoms with Gasteiger partial charge in [-0.1, -0.05) is 17.3 Å². The molecule has 21 heavy (non-hydrogen) atoms. The molecule has 0 aliphatic rings. The number of nitrogens with one attached hydrogen (secondary N) is 1. The summed E-state index contributed by atoms with van der Waals surface area (Å²) in [5.41, 5.74) is 6.19. The number of methoxy groups -OCH3 is 1. The third kappa shape index (κ3) is 3.76. The predicted octanol–water partition coefficient (Wildman–Crippen LogP) is 0.0490. The SMILES string of the molecule is COc1cccc(Cn2cc(CNC(=O)CN)nn2)c1F. The molecule has 3 N–H and O–H groups in total. The maximum absolute atomic E-state index is 14.0. The Labute approximate surface area is 120 Å². The number of halogens is 1. The monoisotopic (exact) mass is 293 g/mol. The van der Waals surface area contributed by atoms with Gasteiger partial charge in [0, 0.05) is 5.56 Å². The van der Waals surface area contributed by atoms with Crippen molar-refractivity contribution in [3.8, 4) is 5.75 Å². The summed E-state index contributed by atoms with van der Waals surface area (Å²) in [4.78, 5) is 11.0. The van der Waals surface area contributed by atoms with Crippen LogP contribution in [0.3, 0.4) is 0 Å². The zero-order valence-electron chi connectivity index (χ0n) is 11.5. The fourth-order valence-electron chi connectivity index (χ4n) is 1.77. The highest BCUT2D eigenvalue weighted by Crippen LogP contribution is 2.20. The van der Waals surface area contributed by atoms with E-state index in [4.69, 9.17) is 10.5 Å². The number of nitrogens with zero attached hydrogens (tertiary/aromatic N) is 3. The van der Waals surface area contributed by atoms with E-state index >= 15 is 0 Å². The fraction of sp³-hybridized carbons (Fsp3) is 0.308. The summed E-state index contributed by atoms with van der Waals surface area (Å²) in [6.07, 6.45) is 1.63. The summed E-state index contributed by atoms with van der Waals surface area (Å²) in [6, 6.07) is 4.90. The van der Waals surface area contributed by atoms with Crippen LogP contribution in [0, 0.1) is 5.82 Å². The van der Waals surface area contributed by atoms with Crippen LogP contribution in [0.2, 0.25) is 0 Å². The average Bonchev–Trinajstić information content (AvgIpc) is 2.94. The van der Waals surface area contributed by atoms with Crippen LogP contribution in [0.15, 0.2) is 24.4 Å². The minimum Gasteiger partial charge on any atom is -0.494 e. The van der Waals surface area contributed by atoms with Crippen molar-refractivity contribution in [3.05, 3.63) is 41.5 Å². The Balaban J connectivity index is 2.04. The van der Waals surface area contributed by atoms with E-state index in [0.29, 0.717) is 11.3 Å². The van der Waals surface area contributed by atoms with Gasteiger partial charge >= 0.3 is 0 Å². The first-order valence-electron chi connectivity index (χ1n) is 6.31. The van der Waals surface area contributed by atoms with Crippen LogP contribution >= 0.6 is 0 Å². The molecular weight excluding hydrogens is 277 g/mol. The first-order chi connectivity index (χ1) is 10.1. The lowest BCUT2D eigenvalue weighted by Crippen LogP contribution is -2.29. The summed E-state index contributed by atoms with van der Waals surface area (Å²) in [5.74, 6) is -0.514. The average molecular weight is 293 g/mol. The summed E-state index contributed by atoms with van der Waals surface area (Å²) >= 11 is 0. The molecule has 7 nitrogen and oxygen atoms in total. The van der Waals surface area contributed by atoms with Gasteiger partial charge in [0.25, 0.3) is 0 Å². The molecule has 0 bridgehead atoms. The maximum Gasteiger partial charge on any atom is 0.234 e. The number of hydrogen-bond donors (Lipinski definition) is 2. The Bertz CT molecular complexity index is 629. The number of rotatable bonds is 6. The van der Waals surface area contributed by atoms with Crippen molar-refractivity contribution in [1.82, 2.24) is 20.3 Å².